The van der Waals surface area contributed by atoms with E-state index < -0.39 is 18.1 Å². The van der Waals surface area contributed by atoms with Gasteiger partial charge in [0, 0.05) is 26.1 Å². The third-order valence-electron chi connectivity index (χ3n) is 3.32. The normalized spacial score (nSPS) is 24.6. The van der Waals surface area contributed by atoms with Crippen molar-refractivity contribution in [2.45, 2.75) is 45.5 Å². The van der Waals surface area contributed by atoms with E-state index in [0.717, 1.165) is 17.9 Å². The van der Waals surface area contributed by atoms with Crippen LogP contribution in [0.15, 0.2) is 6.07 Å². The first-order valence-electron chi connectivity index (χ1n) is 6.19. The summed E-state index contributed by atoms with van der Waals surface area (Å²) in [4.78, 5) is 12.9. The fourth-order valence-electron chi connectivity index (χ4n) is 2.52. The third kappa shape index (κ3) is 2.54. The van der Waals surface area contributed by atoms with Crippen LogP contribution < -0.4 is 0 Å². The summed E-state index contributed by atoms with van der Waals surface area (Å²) in [6, 6.07) is 1.37. The first-order chi connectivity index (χ1) is 8.51. The van der Waals surface area contributed by atoms with Crippen molar-refractivity contribution < 1.29 is 15.0 Å². The molecule has 1 fully saturated rings. The van der Waals surface area contributed by atoms with Gasteiger partial charge >= 0.3 is 5.97 Å². The second-order valence-electron chi connectivity index (χ2n) is 4.77. The number of hydrogen-bond donors (Lipinski definition) is 2. The van der Waals surface area contributed by atoms with E-state index in [9.17, 15) is 9.90 Å². The highest BCUT2D eigenvalue weighted by atomic mass is 16.4. The average Bonchev–Trinajstić information content (AvgIpc) is 2.82. The zero-order valence-electron chi connectivity index (χ0n) is 10.7. The molecule has 6 nitrogen and oxygen atoms in total. The molecule has 2 N–H and O–H groups in total. The van der Waals surface area contributed by atoms with Crippen molar-refractivity contribution in [2.24, 2.45) is 0 Å². The van der Waals surface area contributed by atoms with Gasteiger partial charge in [-0.15, -0.1) is 0 Å². The number of rotatable bonds is 4. The van der Waals surface area contributed by atoms with Crippen LogP contribution in [-0.2, 0) is 17.9 Å². The van der Waals surface area contributed by atoms with Gasteiger partial charge in [-0.2, -0.15) is 5.10 Å². The Hall–Kier alpha value is -1.40. The lowest BCUT2D eigenvalue weighted by Gasteiger charge is -2.20. The molecule has 6 heteroatoms. The van der Waals surface area contributed by atoms with Crippen LogP contribution in [0.25, 0.3) is 0 Å². The van der Waals surface area contributed by atoms with Crippen LogP contribution in [0, 0.1) is 6.92 Å². The molecule has 1 aliphatic rings. The molecular weight excluding hydrogens is 234 g/mol. The molecule has 18 heavy (non-hydrogen) atoms. The van der Waals surface area contributed by atoms with E-state index in [4.69, 9.17) is 5.11 Å². The highest BCUT2D eigenvalue weighted by molar-refractivity contribution is 5.74. The van der Waals surface area contributed by atoms with E-state index in [0.29, 0.717) is 19.5 Å². The predicted octanol–water partition coefficient (Wildman–Crippen LogP) is 0.231. The predicted molar refractivity (Wildman–Crippen MR) is 65.1 cm³/mol. The monoisotopic (exact) mass is 253 g/mol. The quantitative estimate of drug-likeness (QED) is 0.803. The molecular formula is C12H19N3O3. The topological polar surface area (TPSA) is 78.6 Å². The number of likely N-dealkylation sites (tertiary alicyclic amines) is 1. The molecule has 1 aliphatic heterocycles. The van der Waals surface area contributed by atoms with Crippen LogP contribution in [0.1, 0.15) is 24.7 Å². The highest BCUT2D eigenvalue weighted by Gasteiger charge is 2.36. The van der Waals surface area contributed by atoms with Gasteiger partial charge in [0.2, 0.25) is 0 Å². The summed E-state index contributed by atoms with van der Waals surface area (Å²) in [5.74, 6) is -0.870. The molecule has 1 aromatic rings. The Kier molecular flexibility index (Phi) is 3.68. The van der Waals surface area contributed by atoms with Gasteiger partial charge in [-0.1, -0.05) is 0 Å². The average molecular weight is 253 g/mol. The van der Waals surface area contributed by atoms with Gasteiger partial charge in [0.05, 0.1) is 17.5 Å². The molecule has 1 aromatic heterocycles. The SMILES string of the molecule is CCn1nc(C)cc1CN1CC(O)CC1C(=O)O. The fourth-order valence-corrected chi connectivity index (χ4v) is 2.52. The number of β-amino-alcohol motifs (C(OH)–C–C–N with tert-alkyl or cyclic N) is 1. The third-order valence-corrected chi connectivity index (χ3v) is 3.32. The second-order valence-corrected chi connectivity index (χ2v) is 4.77. The lowest BCUT2D eigenvalue weighted by molar-refractivity contribution is -0.142. The van der Waals surface area contributed by atoms with Crippen LogP contribution in [0.2, 0.25) is 0 Å². The molecule has 0 saturated carbocycles. The Morgan fingerprint density at radius 3 is 2.94 bits per heavy atom. The number of carboxylic acid groups (broad SMARTS) is 1. The molecule has 0 spiro atoms. The van der Waals surface area contributed by atoms with Crippen molar-refractivity contribution >= 4 is 5.97 Å². The van der Waals surface area contributed by atoms with Crippen LogP contribution >= 0.6 is 0 Å². The van der Waals surface area contributed by atoms with Crippen molar-refractivity contribution in [3.05, 3.63) is 17.5 Å². The van der Waals surface area contributed by atoms with Gasteiger partial charge in [0.1, 0.15) is 6.04 Å². The summed E-state index contributed by atoms with van der Waals surface area (Å²) in [6.45, 7) is 5.61. The number of hydrogen-bond acceptors (Lipinski definition) is 4. The Morgan fingerprint density at radius 2 is 2.33 bits per heavy atom. The lowest BCUT2D eigenvalue weighted by atomic mass is 10.2. The van der Waals surface area contributed by atoms with E-state index >= 15 is 0 Å². The van der Waals surface area contributed by atoms with E-state index in [1.165, 1.54) is 0 Å². The largest absolute Gasteiger partial charge is 0.480 e. The fraction of sp³-hybridized carbons (Fsp3) is 0.667. The molecule has 0 aliphatic carbocycles. The van der Waals surface area contributed by atoms with Crippen molar-refractivity contribution in [3.63, 3.8) is 0 Å². The molecule has 0 aromatic carbocycles. The number of nitrogens with zero attached hydrogens (tertiary/aromatic N) is 3. The minimum Gasteiger partial charge on any atom is -0.480 e. The van der Waals surface area contributed by atoms with Crippen LogP contribution in [0.5, 0.6) is 0 Å². The molecule has 0 radical (unpaired) electrons. The minimum atomic E-state index is -0.870. The summed E-state index contributed by atoms with van der Waals surface area (Å²) in [5, 5.41) is 23.1. The van der Waals surface area contributed by atoms with Crippen molar-refractivity contribution in [1.82, 2.24) is 14.7 Å². The lowest BCUT2D eigenvalue weighted by Crippen LogP contribution is -2.36. The van der Waals surface area contributed by atoms with Crippen molar-refractivity contribution in [1.29, 1.82) is 0 Å². The summed E-state index contributed by atoms with van der Waals surface area (Å²) in [7, 11) is 0. The number of aliphatic hydroxyl groups excluding tert-OH is 1. The summed E-state index contributed by atoms with van der Waals surface area (Å²) < 4.78 is 1.87. The minimum absolute atomic E-state index is 0.300. The molecule has 0 amide bonds. The van der Waals surface area contributed by atoms with Gasteiger partial charge in [-0.05, 0) is 19.9 Å². The summed E-state index contributed by atoms with van der Waals surface area (Å²) in [5.41, 5.74) is 1.92. The molecule has 1 saturated heterocycles. The Balaban J connectivity index is 2.14. The van der Waals surface area contributed by atoms with Crippen molar-refractivity contribution in [3.8, 4) is 0 Å². The molecule has 100 valence electrons. The second kappa shape index (κ2) is 5.07. The zero-order valence-corrected chi connectivity index (χ0v) is 10.7. The highest BCUT2D eigenvalue weighted by Crippen LogP contribution is 2.21. The van der Waals surface area contributed by atoms with Crippen LogP contribution in [0.3, 0.4) is 0 Å². The maximum Gasteiger partial charge on any atom is 0.321 e. The van der Waals surface area contributed by atoms with Crippen LogP contribution in [-0.4, -0.2) is 49.6 Å². The zero-order chi connectivity index (χ0) is 13.3. The van der Waals surface area contributed by atoms with Gasteiger partial charge < -0.3 is 10.2 Å². The van der Waals surface area contributed by atoms with Crippen molar-refractivity contribution in [2.75, 3.05) is 6.54 Å². The molecule has 2 heterocycles. The van der Waals surface area contributed by atoms with Gasteiger partial charge in [0.25, 0.3) is 0 Å². The summed E-state index contributed by atoms with van der Waals surface area (Å²) >= 11 is 0. The molecule has 2 unspecified atom stereocenters. The first kappa shape index (κ1) is 13.0. The van der Waals surface area contributed by atoms with Crippen LogP contribution in [0.4, 0.5) is 0 Å². The maximum atomic E-state index is 11.1. The maximum absolute atomic E-state index is 11.1. The smallest absolute Gasteiger partial charge is 0.321 e. The Bertz CT molecular complexity index is 444. The molecule has 0 bridgehead atoms. The summed E-state index contributed by atoms with van der Waals surface area (Å²) in [6.07, 6.45) is -0.251. The van der Waals surface area contributed by atoms with E-state index in [2.05, 4.69) is 5.10 Å². The number of aryl methyl sites for hydroxylation is 2. The van der Waals surface area contributed by atoms with Gasteiger partial charge in [-0.25, -0.2) is 0 Å². The Labute approximate surface area is 106 Å². The number of carbonyl (C=O) groups is 1. The number of aliphatic hydroxyl groups is 1. The van der Waals surface area contributed by atoms with E-state index in [1.807, 2.05) is 24.6 Å². The number of aromatic nitrogens is 2. The standard InChI is InChI=1S/C12H19N3O3/c1-3-15-9(4-8(2)13-15)6-14-7-10(16)5-11(14)12(17)18/h4,10-11,16H,3,5-7H2,1-2H3,(H,17,18). The van der Waals surface area contributed by atoms with E-state index in [-0.39, 0.29) is 0 Å². The molecule has 2 atom stereocenters. The van der Waals surface area contributed by atoms with E-state index in [1.54, 1.807) is 4.90 Å². The molecule has 2 rings (SSSR count). The number of aliphatic carboxylic acids is 1. The van der Waals surface area contributed by atoms with Gasteiger partial charge in [0.15, 0.2) is 0 Å². The Morgan fingerprint density at radius 1 is 1.61 bits per heavy atom. The number of carboxylic acids is 1. The van der Waals surface area contributed by atoms with Gasteiger partial charge in [-0.3, -0.25) is 14.4 Å². The first-order valence-corrected chi connectivity index (χ1v) is 6.19.